The van der Waals surface area contributed by atoms with Crippen molar-refractivity contribution in [3.63, 3.8) is 0 Å². The zero-order valence-electron chi connectivity index (χ0n) is 16.1. The number of rotatable bonds is 8. The van der Waals surface area contributed by atoms with Crippen LogP contribution in [0.4, 0.5) is 0 Å². The lowest BCUT2D eigenvalue weighted by molar-refractivity contribution is 0.286. The van der Waals surface area contributed by atoms with Crippen LogP contribution in [0.1, 0.15) is 43.7 Å². The van der Waals surface area contributed by atoms with E-state index in [2.05, 4.69) is 62.9 Å². The number of hydrogen-bond donors (Lipinski definition) is 0. The molecular weight excluding hydrogens is 336 g/mol. The van der Waals surface area contributed by atoms with Crippen molar-refractivity contribution in [2.45, 2.75) is 45.7 Å². The topological polar surface area (TPSA) is 43.2 Å². The Morgan fingerprint density at radius 2 is 1.74 bits per heavy atom. The molecule has 0 saturated carbocycles. The molecule has 0 N–H and O–H groups in total. The van der Waals surface area contributed by atoms with Crippen LogP contribution in [0.25, 0.3) is 11.0 Å². The zero-order chi connectivity index (χ0) is 18.5. The van der Waals surface area contributed by atoms with Gasteiger partial charge in [-0.05, 0) is 49.5 Å². The Balaban J connectivity index is 1.45. The van der Waals surface area contributed by atoms with E-state index in [-0.39, 0.29) is 0 Å². The highest BCUT2D eigenvalue weighted by molar-refractivity contribution is 5.75. The van der Waals surface area contributed by atoms with E-state index < -0.39 is 0 Å². The van der Waals surface area contributed by atoms with Crippen molar-refractivity contribution >= 4 is 11.0 Å². The van der Waals surface area contributed by atoms with E-state index in [0.29, 0.717) is 12.6 Å². The van der Waals surface area contributed by atoms with E-state index in [1.165, 1.54) is 37.1 Å². The van der Waals surface area contributed by atoms with E-state index in [1.54, 1.807) is 0 Å². The summed E-state index contributed by atoms with van der Waals surface area (Å²) in [5.41, 5.74) is 3.61. The molecule has 1 saturated heterocycles. The van der Waals surface area contributed by atoms with Gasteiger partial charge in [0.1, 0.15) is 5.65 Å². The molecule has 0 bridgehead atoms. The summed E-state index contributed by atoms with van der Waals surface area (Å²) in [7, 11) is 0. The van der Waals surface area contributed by atoms with Gasteiger partial charge in [-0.25, -0.2) is 4.98 Å². The van der Waals surface area contributed by atoms with Gasteiger partial charge >= 0.3 is 6.01 Å². The Morgan fingerprint density at radius 3 is 2.48 bits per heavy atom. The Hall–Kier alpha value is -2.40. The monoisotopic (exact) mass is 364 g/mol. The first kappa shape index (κ1) is 18.0. The fourth-order valence-corrected chi connectivity index (χ4v) is 3.61. The average molecular weight is 364 g/mol. The molecule has 0 spiro atoms. The van der Waals surface area contributed by atoms with Crippen LogP contribution in [-0.4, -0.2) is 39.1 Å². The standard InChI is InChI=1S/C22H28N4O/c1-2-3-14-27-22-23-15-20-10-13-26(21(20)24-22)17-19-8-6-18(7-9-19)16-25-11-4-5-12-25/h6-10,13,15H,2-5,11-12,14,16-17H2,1H3. The number of aromatic nitrogens is 3. The summed E-state index contributed by atoms with van der Waals surface area (Å²) in [5.74, 6) is 0. The van der Waals surface area contributed by atoms with Crippen molar-refractivity contribution in [1.29, 1.82) is 0 Å². The fourth-order valence-electron chi connectivity index (χ4n) is 3.61. The van der Waals surface area contributed by atoms with Gasteiger partial charge < -0.3 is 9.30 Å². The van der Waals surface area contributed by atoms with Crippen LogP contribution in [0.2, 0.25) is 0 Å². The number of likely N-dealkylation sites (tertiary alicyclic amines) is 1. The highest BCUT2D eigenvalue weighted by Crippen LogP contribution is 2.18. The lowest BCUT2D eigenvalue weighted by Crippen LogP contribution is -2.18. The number of benzene rings is 1. The Kier molecular flexibility index (Phi) is 5.68. The quantitative estimate of drug-likeness (QED) is 0.560. The molecule has 1 fully saturated rings. The minimum absolute atomic E-state index is 0.469. The molecule has 1 aliphatic rings. The molecule has 0 aliphatic carbocycles. The highest BCUT2D eigenvalue weighted by Gasteiger charge is 2.12. The number of fused-ring (bicyclic) bond motifs is 1. The van der Waals surface area contributed by atoms with E-state index >= 15 is 0 Å². The second kappa shape index (κ2) is 8.53. The van der Waals surface area contributed by atoms with E-state index in [4.69, 9.17) is 4.74 Å². The predicted molar refractivity (Wildman–Crippen MR) is 108 cm³/mol. The summed E-state index contributed by atoms with van der Waals surface area (Å²) in [6, 6.07) is 11.5. The largest absolute Gasteiger partial charge is 0.463 e. The molecule has 1 aromatic carbocycles. The maximum Gasteiger partial charge on any atom is 0.318 e. The van der Waals surface area contributed by atoms with Crippen LogP contribution in [-0.2, 0) is 13.1 Å². The van der Waals surface area contributed by atoms with Gasteiger partial charge in [0.2, 0.25) is 0 Å². The smallest absolute Gasteiger partial charge is 0.318 e. The lowest BCUT2D eigenvalue weighted by atomic mass is 10.1. The molecule has 0 unspecified atom stereocenters. The molecule has 1 aliphatic heterocycles. The van der Waals surface area contributed by atoms with Gasteiger partial charge in [0.25, 0.3) is 0 Å². The summed E-state index contributed by atoms with van der Waals surface area (Å²) in [5, 5.41) is 1.04. The first-order valence-corrected chi connectivity index (χ1v) is 10.1. The molecule has 0 atom stereocenters. The summed E-state index contributed by atoms with van der Waals surface area (Å²) in [6.45, 7) is 7.16. The summed E-state index contributed by atoms with van der Waals surface area (Å²) >= 11 is 0. The van der Waals surface area contributed by atoms with Crippen LogP contribution in [0, 0.1) is 0 Å². The fraction of sp³-hybridized carbons (Fsp3) is 0.455. The van der Waals surface area contributed by atoms with Crippen LogP contribution < -0.4 is 4.74 Å². The lowest BCUT2D eigenvalue weighted by Gasteiger charge is -2.14. The Morgan fingerprint density at radius 1 is 1.00 bits per heavy atom. The molecule has 3 aromatic rings. The van der Waals surface area contributed by atoms with Gasteiger partial charge in [0.05, 0.1) is 6.61 Å². The van der Waals surface area contributed by atoms with Gasteiger partial charge in [0.15, 0.2) is 0 Å². The molecule has 2 aromatic heterocycles. The Bertz CT molecular complexity index is 866. The maximum absolute atomic E-state index is 5.67. The number of ether oxygens (including phenoxy) is 1. The summed E-state index contributed by atoms with van der Waals surface area (Å²) < 4.78 is 7.83. The molecule has 0 amide bonds. The van der Waals surface area contributed by atoms with Crippen molar-refractivity contribution in [2.24, 2.45) is 0 Å². The molecule has 0 radical (unpaired) electrons. The highest BCUT2D eigenvalue weighted by atomic mass is 16.5. The third-order valence-electron chi connectivity index (χ3n) is 5.19. The number of hydrogen-bond acceptors (Lipinski definition) is 4. The predicted octanol–water partition coefficient (Wildman–Crippen LogP) is 4.25. The molecular formula is C22H28N4O. The molecule has 5 heteroatoms. The SMILES string of the molecule is CCCCOc1ncc2ccn(Cc3ccc(CN4CCCC4)cc3)c2n1. The van der Waals surface area contributed by atoms with E-state index in [1.807, 2.05) is 6.20 Å². The number of nitrogens with zero attached hydrogens (tertiary/aromatic N) is 4. The van der Waals surface area contributed by atoms with Crippen LogP contribution in [0.15, 0.2) is 42.7 Å². The zero-order valence-corrected chi connectivity index (χ0v) is 16.1. The molecule has 142 valence electrons. The van der Waals surface area contributed by atoms with E-state index in [9.17, 15) is 0 Å². The summed E-state index contributed by atoms with van der Waals surface area (Å²) in [6.07, 6.45) is 8.72. The van der Waals surface area contributed by atoms with Crippen LogP contribution in [0.5, 0.6) is 6.01 Å². The molecule has 5 nitrogen and oxygen atoms in total. The maximum atomic E-state index is 5.67. The molecule has 27 heavy (non-hydrogen) atoms. The van der Waals surface area contributed by atoms with Gasteiger partial charge in [-0.1, -0.05) is 37.6 Å². The Labute approximate surface area is 161 Å². The van der Waals surface area contributed by atoms with Gasteiger partial charge in [-0.15, -0.1) is 0 Å². The van der Waals surface area contributed by atoms with Crippen molar-refractivity contribution in [2.75, 3.05) is 19.7 Å². The second-order valence-corrected chi connectivity index (χ2v) is 7.38. The van der Waals surface area contributed by atoms with Crippen LogP contribution >= 0.6 is 0 Å². The molecule has 4 rings (SSSR count). The first-order chi connectivity index (χ1) is 13.3. The molecule has 3 heterocycles. The van der Waals surface area contributed by atoms with Crippen molar-refractivity contribution in [3.8, 4) is 6.01 Å². The van der Waals surface area contributed by atoms with E-state index in [0.717, 1.165) is 37.0 Å². The first-order valence-electron chi connectivity index (χ1n) is 10.1. The minimum atomic E-state index is 0.469. The van der Waals surface area contributed by atoms with Gasteiger partial charge in [-0.2, -0.15) is 4.98 Å². The normalized spacial score (nSPS) is 14.9. The summed E-state index contributed by atoms with van der Waals surface area (Å²) in [4.78, 5) is 11.5. The third-order valence-corrected chi connectivity index (χ3v) is 5.19. The van der Waals surface area contributed by atoms with Crippen molar-refractivity contribution in [1.82, 2.24) is 19.4 Å². The van der Waals surface area contributed by atoms with Gasteiger partial charge in [-0.3, -0.25) is 4.90 Å². The van der Waals surface area contributed by atoms with Crippen molar-refractivity contribution < 1.29 is 4.74 Å². The van der Waals surface area contributed by atoms with Crippen molar-refractivity contribution in [3.05, 3.63) is 53.9 Å². The number of unbranched alkanes of at least 4 members (excludes halogenated alkanes) is 1. The average Bonchev–Trinajstić information content (AvgIpc) is 3.34. The van der Waals surface area contributed by atoms with Gasteiger partial charge in [0, 0.05) is 30.9 Å². The third kappa shape index (κ3) is 4.48. The van der Waals surface area contributed by atoms with Crippen LogP contribution in [0.3, 0.4) is 0 Å². The second-order valence-electron chi connectivity index (χ2n) is 7.38. The minimum Gasteiger partial charge on any atom is -0.463 e.